The van der Waals surface area contributed by atoms with Crippen LogP contribution in [-0.4, -0.2) is 13.2 Å². The van der Waals surface area contributed by atoms with Crippen molar-refractivity contribution in [1.29, 1.82) is 0 Å². The molecule has 0 saturated heterocycles. The lowest BCUT2D eigenvalue weighted by Crippen LogP contribution is -2.22. The zero-order chi connectivity index (χ0) is 11.8. The van der Waals surface area contributed by atoms with Gasteiger partial charge in [0.1, 0.15) is 5.75 Å². The summed E-state index contributed by atoms with van der Waals surface area (Å²) in [5.41, 5.74) is 8.66. The van der Waals surface area contributed by atoms with E-state index in [1.54, 1.807) is 0 Å². The first-order valence-electron chi connectivity index (χ1n) is 5.99. The fourth-order valence-corrected chi connectivity index (χ4v) is 2.18. The Morgan fingerprint density at radius 3 is 2.75 bits per heavy atom. The average Bonchev–Trinajstić information content (AvgIpc) is 2.26. The number of benzene rings is 1. The molecule has 16 heavy (non-hydrogen) atoms. The summed E-state index contributed by atoms with van der Waals surface area (Å²) in [4.78, 5) is 0. The van der Waals surface area contributed by atoms with Crippen molar-refractivity contribution in [3.8, 4) is 5.75 Å². The van der Waals surface area contributed by atoms with Gasteiger partial charge in [0.05, 0.1) is 6.61 Å². The SMILES string of the molecule is CC(C)(C)c1ccc2c(c1)C(CN)CCO2. The van der Waals surface area contributed by atoms with Crippen LogP contribution in [0, 0.1) is 0 Å². The molecule has 0 aliphatic carbocycles. The van der Waals surface area contributed by atoms with Gasteiger partial charge in [-0.2, -0.15) is 0 Å². The molecule has 0 amide bonds. The normalized spacial score (nSPS) is 20.1. The van der Waals surface area contributed by atoms with Crippen molar-refractivity contribution < 1.29 is 4.74 Å². The minimum atomic E-state index is 0.186. The number of ether oxygens (including phenoxy) is 1. The van der Waals surface area contributed by atoms with Crippen LogP contribution in [0.4, 0.5) is 0 Å². The fraction of sp³-hybridized carbons (Fsp3) is 0.571. The molecule has 1 unspecified atom stereocenters. The molecule has 1 aliphatic heterocycles. The highest BCUT2D eigenvalue weighted by Crippen LogP contribution is 2.36. The van der Waals surface area contributed by atoms with Gasteiger partial charge in [0.15, 0.2) is 0 Å². The number of hydrogen-bond acceptors (Lipinski definition) is 2. The van der Waals surface area contributed by atoms with Gasteiger partial charge in [-0.05, 0) is 35.6 Å². The Balaban J connectivity index is 2.43. The molecule has 2 nitrogen and oxygen atoms in total. The smallest absolute Gasteiger partial charge is 0.122 e. The maximum absolute atomic E-state index is 5.82. The summed E-state index contributed by atoms with van der Waals surface area (Å²) in [6, 6.07) is 6.53. The molecule has 0 saturated carbocycles. The van der Waals surface area contributed by atoms with Crippen molar-refractivity contribution in [3.05, 3.63) is 29.3 Å². The molecule has 0 fully saturated rings. The Labute approximate surface area is 97.8 Å². The van der Waals surface area contributed by atoms with Crippen LogP contribution in [-0.2, 0) is 5.41 Å². The van der Waals surface area contributed by atoms with E-state index in [2.05, 4.69) is 39.0 Å². The Bertz CT molecular complexity index is 379. The molecule has 0 bridgehead atoms. The van der Waals surface area contributed by atoms with Gasteiger partial charge >= 0.3 is 0 Å². The van der Waals surface area contributed by atoms with E-state index in [1.807, 2.05) is 0 Å². The van der Waals surface area contributed by atoms with Crippen LogP contribution in [0.1, 0.15) is 44.2 Å². The molecule has 0 aromatic heterocycles. The summed E-state index contributed by atoms with van der Waals surface area (Å²) in [5, 5.41) is 0. The molecule has 1 aromatic rings. The monoisotopic (exact) mass is 219 g/mol. The second kappa shape index (κ2) is 4.10. The predicted octanol–water partition coefficient (Wildman–Crippen LogP) is 2.81. The first kappa shape index (κ1) is 11.5. The highest BCUT2D eigenvalue weighted by Gasteiger charge is 2.23. The predicted molar refractivity (Wildman–Crippen MR) is 67.0 cm³/mol. The van der Waals surface area contributed by atoms with E-state index in [0.29, 0.717) is 12.5 Å². The Morgan fingerprint density at radius 2 is 2.12 bits per heavy atom. The van der Waals surface area contributed by atoms with E-state index in [-0.39, 0.29) is 5.41 Å². The highest BCUT2D eigenvalue weighted by atomic mass is 16.5. The molecule has 2 rings (SSSR count). The zero-order valence-corrected chi connectivity index (χ0v) is 10.4. The third-order valence-electron chi connectivity index (χ3n) is 3.32. The fourth-order valence-electron chi connectivity index (χ4n) is 2.18. The highest BCUT2D eigenvalue weighted by molar-refractivity contribution is 5.43. The molecule has 1 atom stereocenters. The quantitative estimate of drug-likeness (QED) is 0.788. The molecule has 88 valence electrons. The van der Waals surface area contributed by atoms with Gasteiger partial charge < -0.3 is 10.5 Å². The molecule has 0 spiro atoms. The van der Waals surface area contributed by atoms with E-state index in [0.717, 1.165) is 18.8 Å². The van der Waals surface area contributed by atoms with Crippen LogP contribution in [0.3, 0.4) is 0 Å². The summed E-state index contributed by atoms with van der Waals surface area (Å²) in [6.45, 7) is 8.20. The van der Waals surface area contributed by atoms with E-state index in [4.69, 9.17) is 10.5 Å². The molecular weight excluding hydrogens is 198 g/mol. The van der Waals surface area contributed by atoms with Gasteiger partial charge in [-0.15, -0.1) is 0 Å². The number of nitrogens with two attached hydrogens (primary N) is 1. The van der Waals surface area contributed by atoms with Crippen molar-refractivity contribution in [2.45, 2.75) is 38.5 Å². The minimum absolute atomic E-state index is 0.186. The van der Waals surface area contributed by atoms with Crippen molar-refractivity contribution in [2.24, 2.45) is 5.73 Å². The standard InChI is InChI=1S/C14H21NO/c1-14(2,3)11-4-5-13-12(8-11)10(9-15)6-7-16-13/h4-5,8,10H,6-7,9,15H2,1-3H3. The van der Waals surface area contributed by atoms with Crippen molar-refractivity contribution in [3.63, 3.8) is 0 Å². The van der Waals surface area contributed by atoms with Crippen molar-refractivity contribution >= 4 is 0 Å². The van der Waals surface area contributed by atoms with E-state index in [1.165, 1.54) is 11.1 Å². The van der Waals surface area contributed by atoms with Crippen LogP contribution in [0.15, 0.2) is 18.2 Å². The maximum atomic E-state index is 5.82. The lowest BCUT2D eigenvalue weighted by atomic mass is 9.83. The average molecular weight is 219 g/mol. The molecule has 1 heterocycles. The topological polar surface area (TPSA) is 35.2 Å². The number of fused-ring (bicyclic) bond motifs is 1. The summed E-state index contributed by atoms with van der Waals surface area (Å²) in [6.07, 6.45) is 1.04. The van der Waals surface area contributed by atoms with Crippen LogP contribution < -0.4 is 10.5 Å². The zero-order valence-electron chi connectivity index (χ0n) is 10.4. The summed E-state index contributed by atoms with van der Waals surface area (Å²) < 4.78 is 5.67. The molecule has 2 N–H and O–H groups in total. The number of hydrogen-bond donors (Lipinski definition) is 1. The van der Waals surface area contributed by atoms with Crippen molar-refractivity contribution in [2.75, 3.05) is 13.2 Å². The molecule has 0 radical (unpaired) electrons. The Kier molecular flexibility index (Phi) is 2.94. The van der Waals surface area contributed by atoms with Crippen LogP contribution in [0.5, 0.6) is 5.75 Å². The summed E-state index contributed by atoms with van der Waals surface area (Å²) >= 11 is 0. The second-order valence-electron chi connectivity index (χ2n) is 5.57. The lowest BCUT2D eigenvalue weighted by Gasteiger charge is -2.28. The van der Waals surface area contributed by atoms with Crippen LogP contribution >= 0.6 is 0 Å². The summed E-state index contributed by atoms with van der Waals surface area (Å²) in [5.74, 6) is 1.49. The van der Waals surface area contributed by atoms with Gasteiger partial charge in [-0.25, -0.2) is 0 Å². The largest absolute Gasteiger partial charge is 0.493 e. The van der Waals surface area contributed by atoms with Crippen molar-refractivity contribution in [1.82, 2.24) is 0 Å². The molecule has 2 heteroatoms. The maximum Gasteiger partial charge on any atom is 0.122 e. The molecule has 1 aromatic carbocycles. The first-order chi connectivity index (χ1) is 7.52. The first-order valence-corrected chi connectivity index (χ1v) is 5.99. The van der Waals surface area contributed by atoms with Crippen LogP contribution in [0.2, 0.25) is 0 Å². The minimum Gasteiger partial charge on any atom is -0.493 e. The molecule has 1 aliphatic rings. The second-order valence-corrected chi connectivity index (χ2v) is 5.57. The van der Waals surface area contributed by atoms with E-state index in [9.17, 15) is 0 Å². The Morgan fingerprint density at radius 1 is 1.38 bits per heavy atom. The Hall–Kier alpha value is -1.02. The lowest BCUT2D eigenvalue weighted by molar-refractivity contribution is 0.268. The number of rotatable bonds is 1. The summed E-state index contributed by atoms with van der Waals surface area (Å²) in [7, 11) is 0. The van der Waals surface area contributed by atoms with Gasteiger partial charge in [-0.3, -0.25) is 0 Å². The third-order valence-corrected chi connectivity index (χ3v) is 3.32. The third kappa shape index (κ3) is 2.07. The van der Waals surface area contributed by atoms with Gasteiger partial charge in [0.25, 0.3) is 0 Å². The van der Waals surface area contributed by atoms with Gasteiger partial charge in [-0.1, -0.05) is 32.9 Å². The van der Waals surface area contributed by atoms with E-state index < -0.39 is 0 Å². The van der Waals surface area contributed by atoms with Gasteiger partial charge in [0, 0.05) is 5.92 Å². The van der Waals surface area contributed by atoms with Crippen LogP contribution in [0.25, 0.3) is 0 Å². The van der Waals surface area contributed by atoms with E-state index >= 15 is 0 Å². The van der Waals surface area contributed by atoms with Gasteiger partial charge in [0.2, 0.25) is 0 Å². The molecular formula is C14H21NO.